The summed E-state index contributed by atoms with van der Waals surface area (Å²) in [5.74, 6) is 0. The number of rotatable bonds is 6. The molecule has 0 aromatic carbocycles. The van der Waals surface area contributed by atoms with Gasteiger partial charge in [-0.25, -0.2) is 17.6 Å². The lowest BCUT2D eigenvalue weighted by atomic mass is 10.5. The second-order valence-corrected chi connectivity index (χ2v) is 3.35. The Balaban J connectivity index is 2.50. The van der Waals surface area contributed by atoms with Crippen molar-refractivity contribution < 1.29 is 22.3 Å². The van der Waals surface area contributed by atoms with Crippen LogP contribution in [0, 0.1) is 0 Å². The second-order valence-electron chi connectivity index (χ2n) is 2.94. The molecule has 3 nitrogen and oxygen atoms in total. The normalized spacial score (nSPS) is 11.7. The van der Waals surface area contributed by atoms with E-state index in [4.69, 9.17) is 11.6 Å². The topological polar surface area (TPSA) is 27.1 Å². The highest BCUT2D eigenvalue weighted by Gasteiger charge is 2.11. The van der Waals surface area contributed by atoms with Gasteiger partial charge in [0, 0.05) is 6.20 Å². The standard InChI is InChI=1S/C8H9ClF4N2O/c9-5-1-15(2-7(10)11)14-6(5)3-16-4-8(12)13/h1,7-8H,2-4H2. The van der Waals surface area contributed by atoms with Crippen LogP contribution in [0.1, 0.15) is 5.69 Å². The van der Waals surface area contributed by atoms with Gasteiger partial charge in [0.2, 0.25) is 0 Å². The summed E-state index contributed by atoms with van der Waals surface area (Å²) in [6.07, 6.45) is -3.93. The van der Waals surface area contributed by atoms with Crippen LogP contribution in [0.3, 0.4) is 0 Å². The molecule has 0 aliphatic rings. The van der Waals surface area contributed by atoms with E-state index in [9.17, 15) is 17.6 Å². The van der Waals surface area contributed by atoms with Crippen LogP contribution in [-0.4, -0.2) is 29.2 Å². The van der Waals surface area contributed by atoms with Crippen molar-refractivity contribution in [2.45, 2.75) is 26.0 Å². The Hall–Kier alpha value is -0.820. The van der Waals surface area contributed by atoms with Gasteiger partial charge in [-0.15, -0.1) is 0 Å². The Bertz CT molecular complexity index is 332. The molecule has 0 aliphatic carbocycles. The van der Waals surface area contributed by atoms with Gasteiger partial charge < -0.3 is 4.74 Å². The second kappa shape index (κ2) is 6.05. The largest absolute Gasteiger partial charge is 0.369 e. The van der Waals surface area contributed by atoms with E-state index in [1.165, 1.54) is 6.20 Å². The molecular formula is C8H9ClF4N2O. The van der Waals surface area contributed by atoms with E-state index >= 15 is 0 Å². The summed E-state index contributed by atoms with van der Waals surface area (Å²) in [7, 11) is 0. The molecule has 1 aromatic heterocycles. The van der Waals surface area contributed by atoms with Gasteiger partial charge in [-0.05, 0) is 0 Å². The predicted molar refractivity (Wildman–Crippen MR) is 48.9 cm³/mol. The van der Waals surface area contributed by atoms with Gasteiger partial charge in [0.15, 0.2) is 0 Å². The Morgan fingerprint density at radius 1 is 1.31 bits per heavy atom. The third kappa shape index (κ3) is 4.36. The van der Waals surface area contributed by atoms with Crippen molar-refractivity contribution >= 4 is 11.6 Å². The van der Waals surface area contributed by atoms with Crippen molar-refractivity contribution in [1.29, 1.82) is 0 Å². The summed E-state index contributed by atoms with van der Waals surface area (Å²) in [6, 6.07) is 0. The molecule has 1 rings (SSSR count). The van der Waals surface area contributed by atoms with Crippen molar-refractivity contribution in [3.63, 3.8) is 0 Å². The maximum atomic E-state index is 12.0. The molecule has 0 bridgehead atoms. The van der Waals surface area contributed by atoms with Crippen LogP contribution in [0.4, 0.5) is 17.6 Å². The quantitative estimate of drug-likeness (QED) is 0.735. The average Bonchev–Trinajstić information content (AvgIpc) is 2.45. The first-order valence-corrected chi connectivity index (χ1v) is 4.72. The molecule has 0 unspecified atom stereocenters. The van der Waals surface area contributed by atoms with Crippen LogP contribution in [0.2, 0.25) is 5.02 Å². The van der Waals surface area contributed by atoms with Crippen LogP contribution in [0.25, 0.3) is 0 Å². The molecule has 0 saturated carbocycles. The molecule has 0 amide bonds. The molecule has 1 aromatic rings. The molecular weight excluding hydrogens is 252 g/mol. The first-order valence-electron chi connectivity index (χ1n) is 4.35. The van der Waals surface area contributed by atoms with Crippen LogP contribution >= 0.6 is 11.6 Å². The average molecular weight is 261 g/mol. The van der Waals surface area contributed by atoms with Gasteiger partial charge in [-0.3, -0.25) is 4.68 Å². The van der Waals surface area contributed by atoms with Gasteiger partial charge in [0.05, 0.1) is 11.6 Å². The zero-order valence-corrected chi connectivity index (χ0v) is 8.80. The molecule has 16 heavy (non-hydrogen) atoms. The number of aromatic nitrogens is 2. The summed E-state index contributed by atoms with van der Waals surface area (Å²) in [4.78, 5) is 0. The monoisotopic (exact) mass is 260 g/mol. The smallest absolute Gasteiger partial charge is 0.261 e. The van der Waals surface area contributed by atoms with E-state index in [0.29, 0.717) is 0 Å². The van der Waals surface area contributed by atoms with Crippen LogP contribution in [0.5, 0.6) is 0 Å². The highest BCUT2D eigenvalue weighted by molar-refractivity contribution is 6.31. The lowest BCUT2D eigenvalue weighted by Gasteiger charge is -2.01. The zero-order valence-electron chi connectivity index (χ0n) is 8.05. The van der Waals surface area contributed by atoms with Gasteiger partial charge >= 0.3 is 0 Å². The Morgan fingerprint density at radius 3 is 2.56 bits per heavy atom. The predicted octanol–water partition coefficient (Wildman–Crippen LogP) is 2.58. The number of nitrogens with zero attached hydrogens (tertiary/aromatic N) is 2. The summed E-state index contributed by atoms with van der Waals surface area (Å²) in [6.45, 7) is -1.55. The molecule has 92 valence electrons. The molecule has 0 N–H and O–H groups in total. The van der Waals surface area contributed by atoms with Crippen LogP contribution in [0.15, 0.2) is 6.20 Å². The molecule has 0 spiro atoms. The number of hydrogen-bond acceptors (Lipinski definition) is 2. The Morgan fingerprint density at radius 2 is 2.00 bits per heavy atom. The van der Waals surface area contributed by atoms with Crippen LogP contribution < -0.4 is 0 Å². The van der Waals surface area contributed by atoms with E-state index in [0.717, 1.165) is 4.68 Å². The van der Waals surface area contributed by atoms with E-state index in [-0.39, 0.29) is 17.3 Å². The minimum atomic E-state index is -2.58. The van der Waals surface area contributed by atoms with E-state index < -0.39 is 26.0 Å². The maximum Gasteiger partial charge on any atom is 0.261 e. The lowest BCUT2D eigenvalue weighted by molar-refractivity contribution is 0.00860. The Kier molecular flexibility index (Phi) is 5.01. The first kappa shape index (κ1) is 13.2. The molecule has 0 saturated heterocycles. The summed E-state index contributed by atoms with van der Waals surface area (Å²) in [5.41, 5.74) is 0.169. The zero-order chi connectivity index (χ0) is 12.1. The van der Waals surface area contributed by atoms with Gasteiger partial charge in [-0.2, -0.15) is 5.10 Å². The van der Waals surface area contributed by atoms with Crippen molar-refractivity contribution in [3.8, 4) is 0 Å². The van der Waals surface area contributed by atoms with Crippen molar-refractivity contribution in [2.75, 3.05) is 6.61 Å². The minimum absolute atomic E-state index is 0.120. The van der Waals surface area contributed by atoms with E-state index in [1.54, 1.807) is 0 Å². The fourth-order valence-corrected chi connectivity index (χ4v) is 1.22. The highest BCUT2D eigenvalue weighted by Crippen LogP contribution is 2.15. The Labute approximate surface area is 93.9 Å². The first-order chi connectivity index (χ1) is 7.49. The summed E-state index contributed by atoms with van der Waals surface area (Å²) >= 11 is 5.65. The van der Waals surface area contributed by atoms with Crippen molar-refractivity contribution in [2.24, 2.45) is 0 Å². The minimum Gasteiger partial charge on any atom is -0.369 e. The molecule has 0 aliphatic heterocycles. The third-order valence-electron chi connectivity index (χ3n) is 1.59. The summed E-state index contributed by atoms with van der Waals surface area (Å²) < 4.78 is 53.0. The van der Waals surface area contributed by atoms with Gasteiger partial charge in [-0.1, -0.05) is 11.6 Å². The van der Waals surface area contributed by atoms with Crippen molar-refractivity contribution in [1.82, 2.24) is 9.78 Å². The SMILES string of the molecule is FC(F)COCc1nn(CC(F)F)cc1Cl. The van der Waals surface area contributed by atoms with Crippen LogP contribution in [-0.2, 0) is 17.9 Å². The molecule has 0 atom stereocenters. The lowest BCUT2D eigenvalue weighted by Crippen LogP contribution is -2.08. The van der Waals surface area contributed by atoms with Gasteiger partial charge in [0.1, 0.15) is 18.8 Å². The number of ether oxygens (including phenoxy) is 1. The number of alkyl halides is 4. The van der Waals surface area contributed by atoms with Gasteiger partial charge in [0.25, 0.3) is 12.9 Å². The maximum absolute atomic E-state index is 12.0. The van der Waals surface area contributed by atoms with Crippen molar-refractivity contribution in [3.05, 3.63) is 16.9 Å². The number of hydrogen-bond donors (Lipinski definition) is 0. The molecule has 1 heterocycles. The molecule has 8 heteroatoms. The highest BCUT2D eigenvalue weighted by atomic mass is 35.5. The summed E-state index contributed by atoms with van der Waals surface area (Å²) in [5, 5.41) is 3.80. The fourth-order valence-electron chi connectivity index (χ4n) is 1.01. The van der Waals surface area contributed by atoms with E-state index in [1.807, 2.05) is 0 Å². The fraction of sp³-hybridized carbons (Fsp3) is 0.625. The molecule has 0 fully saturated rings. The van der Waals surface area contributed by atoms with E-state index in [2.05, 4.69) is 9.84 Å². The third-order valence-corrected chi connectivity index (χ3v) is 1.91. The molecule has 0 radical (unpaired) electrons. The number of halogens is 5.